The van der Waals surface area contributed by atoms with Crippen LogP contribution < -0.4 is 20.2 Å². The van der Waals surface area contributed by atoms with Crippen molar-refractivity contribution < 1.29 is 23.5 Å². The molecule has 7 nitrogen and oxygen atoms in total. The van der Waals surface area contributed by atoms with Crippen LogP contribution in [0.2, 0.25) is 0 Å². The van der Waals surface area contributed by atoms with E-state index < -0.39 is 17.6 Å². The van der Waals surface area contributed by atoms with Gasteiger partial charge in [-0.3, -0.25) is 9.59 Å². The summed E-state index contributed by atoms with van der Waals surface area (Å²) in [4.78, 5) is 23.7. The molecule has 0 radical (unpaired) electrons. The summed E-state index contributed by atoms with van der Waals surface area (Å²) in [7, 11) is 0. The standard InChI is InChI=1S/C21H24FN3O4/c1-3-28-18-10-9-15(13-19(18)29-4-2)14-23-25-21(27)12-11-20(26)24-17-8-6-5-7-16(17)22/h5-10,13-14H,3-4,11-12H2,1-2H3,(H,24,26)(H,25,27). The first-order valence-corrected chi connectivity index (χ1v) is 9.29. The van der Waals surface area contributed by atoms with Crippen molar-refractivity contribution in [2.24, 2.45) is 5.10 Å². The molecule has 0 unspecified atom stereocenters. The maximum absolute atomic E-state index is 13.5. The fourth-order valence-corrected chi connectivity index (χ4v) is 2.39. The van der Waals surface area contributed by atoms with Gasteiger partial charge in [0.25, 0.3) is 0 Å². The number of ether oxygens (including phenoxy) is 2. The lowest BCUT2D eigenvalue weighted by Gasteiger charge is -2.11. The number of hydrogen-bond acceptors (Lipinski definition) is 5. The summed E-state index contributed by atoms with van der Waals surface area (Å²) in [6, 6.07) is 11.1. The Kier molecular flexibility index (Phi) is 8.62. The van der Waals surface area contributed by atoms with Crippen LogP contribution in [0.15, 0.2) is 47.6 Å². The molecular formula is C21H24FN3O4. The first-order valence-electron chi connectivity index (χ1n) is 9.29. The van der Waals surface area contributed by atoms with Crippen LogP contribution in [0.5, 0.6) is 11.5 Å². The molecule has 0 saturated carbocycles. The largest absolute Gasteiger partial charge is 0.490 e. The Balaban J connectivity index is 1.82. The molecule has 0 aromatic heterocycles. The summed E-state index contributed by atoms with van der Waals surface area (Å²) >= 11 is 0. The minimum absolute atomic E-state index is 0.0783. The molecule has 2 aromatic carbocycles. The maximum Gasteiger partial charge on any atom is 0.240 e. The van der Waals surface area contributed by atoms with Crippen LogP contribution in [0.25, 0.3) is 0 Å². The van der Waals surface area contributed by atoms with E-state index in [1.165, 1.54) is 24.4 Å². The summed E-state index contributed by atoms with van der Waals surface area (Å²) in [5.74, 6) is -0.189. The van der Waals surface area contributed by atoms with Crippen molar-refractivity contribution >= 4 is 23.7 Å². The van der Waals surface area contributed by atoms with Crippen LogP contribution >= 0.6 is 0 Å². The third kappa shape index (κ3) is 7.25. The van der Waals surface area contributed by atoms with Gasteiger partial charge in [0.2, 0.25) is 11.8 Å². The summed E-state index contributed by atoms with van der Waals surface area (Å²) < 4.78 is 24.5. The van der Waals surface area contributed by atoms with Crippen molar-refractivity contribution in [1.29, 1.82) is 0 Å². The third-order valence-corrected chi connectivity index (χ3v) is 3.70. The van der Waals surface area contributed by atoms with E-state index in [4.69, 9.17) is 9.47 Å². The smallest absolute Gasteiger partial charge is 0.240 e. The SMILES string of the molecule is CCOc1ccc(C=NNC(=O)CCC(=O)Nc2ccccc2F)cc1OCC. The summed E-state index contributed by atoms with van der Waals surface area (Å²) in [5.41, 5.74) is 3.15. The zero-order valence-corrected chi connectivity index (χ0v) is 16.4. The van der Waals surface area contributed by atoms with Crippen LogP contribution in [0.3, 0.4) is 0 Å². The molecule has 29 heavy (non-hydrogen) atoms. The quantitative estimate of drug-likeness (QED) is 0.471. The lowest BCUT2D eigenvalue weighted by atomic mass is 10.2. The monoisotopic (exact) mass is 401 g/mol. The molecule has 0 spiro atoms. The Morgan fingerprint density at radius 2 is 1.69 bits per heavy atom. The summed E-state index contributed by atoms with van der Waals surface area (Å²) in [6.07, 6.45) is 1.30. The molecule has 2 aromatic rings. The molecule has 154 valence electrons. The molecular weight excluding hydrogens is 377 g/mol. The Hall–Kier alpha value is -3.42. The molecule has 0 saturated heterocycles. The first kappa shape index (κ1) is 21.9. The topological polar surface area (TPSA) is 89.0 Å². The highest BCUT2D eigenvalue weighted by Gasteiger charge is 2.09. The average Bonchev–Trinajstić information content (AvgIpc) is 2.70. The van der Waals surface area contributed by atoms with Crippen molar-refractivity contribution in [2.45, 2.75) is 26.7 Å². The van der Waals surface area contributed by atoms with Gasteiger partial charge in [0.15, 0.2) is 11.5 Å². The Bertz CT molecular complexity index is 871. The van der Waals surface area contributed by atoms with Crippen LogP contribution in [0.1, 0.15) is 32.3 Å². The van der Waals surface area contributed by atoms with E-state index >= 15 is 0 Å². The molecule has 0 aliphatic carbocycles. The number of benzene rings is 2. The zero-order chi connectivity index (χ0) is 21.1. The van der Waals surface area contributed by atoms with Gasteiger partial charge >= 0.3 is 0 Å². The first-order chi connectivity index (χ1) is 14.0. The van der Waals surface area contributed by atoms with E-state index in [1.54, 1.807) is 24.3 Å². The second kappa shape index (κ2) is 11.4. The number of amides is 2. The van der Waals surface area contributed by atoms with Gasteiger partial charge in [0, 0.05) is 12.8 Å². The summed E-state index contributed by atoms with van der Waals surface area (Å²) in [5, 5.41) is 6.30. The molecule has 0 aliphatic rings. The van der Waals surface area contributed by atoms with Crippen LogP contribution in [-0.4, -0.2) is 31.2 Å². The van der Waals surface area contributed by atoms with E-state index in [9.17, 15) is 14.0 Å². The lowest BCUT2D eigenvalue weighted by molar-refractivity contribution is -0.124. The molecule has 0 bridgehead atoms. The zero-order valence-electron chi connectivity index (χ0n) is 16.4. The van der Waals surface area contributed by atoms with Gasteiger partial charge in [-0.1, -0.05) is 12.1 Å². The minimum Gasteiger partial charge on any atom is -0.490 e. The van der Waals surface area contributed by atoms with Crippen molar-refractivity contribution in [3.63, 3.8) is 0 Å². The normalized spacial score (nSPS) is 10.6. The minimum atomic E-state index is -0.531. The van der Waals surface area contributed by atoms with Crippen LogP contribution in [0, 0.1) is 5.82 Å². The number of rotatable bonds is 10. The number of carbonyl (C=O) groups is 2. The van der Waals surface area contributed by atoms with Crippen LogP contribution in [-0.2, 0) is 9.59 Å². The number of halogens is 1. The van der Waals surface area contributed by atoms with Gasteiger partial charge in [-0.05, 0) is 49.7 Å². The predicted molar refractivity (Wildman–Crippen MR) is 109 cm³/mol. The third-order valence-electron chi connectivity index (χ3n) is 3.70. The Morgan fingerprint density at radius 3 is 2.41 bits per heavy atom. The van der Waals surface area contributed by atoms with E-state index in [0.29, 0.717) is 24.7 Å². The number of para-hydroxylation sites is 1. The second-order valence-corrected chi connectivity index (χ2v) is 5.89. The number of nitrogens with one attached hydrogen (secondary N) is 2. The molecule has 2 amide bonds. The second-order valence-electron chi connectivity index (χ2n) is 5.89. The van der Waals surface area contributed by atoms with Crippen molar-refractivity contribution in [1.82, 2.24) is 5.43 Å². The van der Waals surface area contributed by atoms with Gasteiger partial charge in [-0.15, -0.1) is 0 Å². The number of carbonyl (C=O) groups excluding carboxylic acids is 2. The van der Waals surface area contributed by atoms with E-state index in [0.717, 1.165) is 5.56 Å². The maximum atomic E-state index is 13.5. The van der Waals surface area contributed by atoms with Crippen molar-refractivity contribution in [2.75, 3.05) is 18.5 Å². The van der Waals surface area contributed by atoms with Crippen molar-refractivity contribution in [3.05, 3.63) is 53.8 Å². The number of nitrogens with zero attached hydrogens (tertiary/aromatic N) is 1. The molecule has 8 heteroatoms. The van der Waals surface area contributed by atoms with Gasteiger partial charge in [-0.2, -0.15) is 5.10 Å². The fourth-order valence-electron chi connectivity index (χ4n) is 2.39. The number of hydrogen-bond donors (Lipinski definition) is 2. The molecule has 0 atom stereocenters. The molecule has 0 heterocycles. The van der Waals surface area contributed by atoms with E-state index in [-0.39, 0.29) is 18.5 Å². The van der Waals surface area contributed by atoms with Crippen molar-refractivity contribution in [3.8, 4) is 11.5 Å². The van der Waals surface area contributed by atoms with Gasteiger partial charge in [0.05, 0.1) is 25.1 Å². The predicted octanol–water partition coefficient (Wildman–Crippen LogP) is 3.49. The van der Waals surface area contributed by atoms with E-state index in [1.807, 2.05) is 13.8 Å². The molecule has 0 fully saturated rings. The Morgan fingerprint density at radius 1 is 1.00 bits per heavy atom. The molecule has 2 rings (SSSR count). The highest BCUT2D eigenvalue weighted by molar-refractivity contribution is 5.93. The Labute approximate surface area is 168 Å². The lowest BCUT2D eigenvalue weighted by Crippen LogP contribution is -2.21. The van der Waals surface area contributed by atoms with Gasteiger partial charge < -0.3 is 14.8 Å². The molecule has 0 aliphatic heterocycles. The highest BCUT2D eigenvalue weighted by Crippen LogP contribution is 2.27. The number of anilines is 1. The molecule has 2 N–H and O–H groups in total. The summed E-state index contributed by atoms with van der Waals surface area (Å²) in [6.45, 7) is 4.77. The van der Waals surface area contributed by atoms with Gasteiger partial charge in [0.1, 0.15) is 5.82 Å². The highest BCUT2D eigenvalue weighted by atomic mass is 19.1. The average molecular weight is 401 g/mol. The van der Waals surface area contributed by atoms with Crippen LogP contribution in [0.4, 0.5) is 10.1 Å². The van der Waals surface area contributed by atoms with Gasteiger partial charge in [-0.25, -0.2) is 9.82 Å². The fraction of sp³-hybridized carbons (Fsp3) is 0.286. The number of hydrazone groups is 1. The van der Waals surface area contributed by atoms with E-state index in [2.05, 4.69) is 15.8 Å².